The number of benzene rings is 2. The van der Waals surface area contributed by atoms with Crippen molar-refractivity contribution in [2.24, 2.45) is 0 Å². The van der Waals surface area contributed by atoms with Gasteiger partial charge in [0, 0.05) is 17.0 Å². The molecule has 6 nitrogen and oxygen atoms in total. The van der Waals surface area contributed by atoms with Crippen LogP contribution >= 0.6 is 11.3 Å². The minimum atomic E-state index is -1.42. The van der Waals surface area contributed by atoms with Crippen LogP contribution in [-0.2, 0) is 16.9 Å². The Morgan fingerprint density at radius 1 is 1.07 bits per heavy atom. The van der Waals surface area contributed by atoms with Crippen LogP contribution in [-0.4, -0.2) is 29.3 Å². The molecule has 1 saturated heterocycles. The Kier molecular flexibility index (Phi) is 4.18. The van der Waals surface area contributed by atoms with Crippen molar-refractivity contribution in [3.63, 3.8) is 0 Å². The van der Waals surface area contributed by atoms with E-state index in [2.05, 4.69) is 10.6 Å². The summed E-state index contributed by atoms with van der Waals surface area (Å²) in [5.41, 5.74) is 1.12. The molecule has 150 valence electrons. The van der Waals surface area contributed by atoms with Crippen molar-refractivity contribution in [2.75, 3.05) is 6.54 Å². The number of urea groups is 1. The van der Waals surface area contributed by atoms with Crippen LogP contribution in [0, 0.1) is 5.82 Å². The number of hydrogen-bond acceptors (Lipinski definition) is 4. The van der Waals surface area contributed by atoms with Crippen LogP contribution in [0.3, 0.4) is 0 Å². The van der Waals surface area contributed by atoms with Gasteiger partial charge in [0.25, 0.3) is 11.8 Å². The molecule has 2 aliphatic heterocycles. The van der Waals surface area contributed by atoms with E-state index in [1.807, 2.05) is 29.6 Å². The van der Waals surface area contributed by atoms with Crippen molar-refractivity contribution in [1.29, 1.82) is 0 Å². The summed E-state index contributed by atoms with van der Waals surface area (Å²) >= 11 is 1.60. The summed E-state index contributed by atoms with van der Waals surface area (Å²) in [5, 5.41) is 6.97. The van der Waals surface area contributed by atoms with Gasteiger partial charge in [0.15, 0.2) is 5.54 Å². The van der Waals surface area contributed by atoms with E-state index in [-0.39, 0.29) is 24.6 Å². The van der Waals surface area contributed by atoms with Gasteiger partial charge in [0.1, 0.15) is 5.82 Å². The number of rotatable bonds is 4. The van der Waals surface area contributed by atoms with Gasteiger partial charge in [0.05, 0.1) is 6.54 Å². The summed E-state index contributed by atoms with van der Waals surface area (Å²) in [4.78, 5) is 40.2. The van der Waals surface area contributed by atoms with Crippen molar-refractivity contribution in [3.05, 3.63) is 82.5 Å². The van der Waals surface area contributed by atoms with Gasteiger partial charge in [-0.05, 0) is 40.3 Å². The number of nitrogens with one attached hydrogen (secondary N) is 2. The molecule has 8 heteroatoms. The fourth-order valence-electron chi connectivity index (χ4n) is 4.01. The highest BCUT2D eigenvalue weighted by Gasteiger charge is 2.50. The van der Waals surface area contributed by atoms with Gasteiger partial charge < -0.3 is 10.2 Å². The molecule has 2 aliphatic rings. The van der Waals surface area contributed by atoms with Crippen LogP contribution in [0.4, 0.5) is 9.18 Å². The van der Waals surface area contributed by atoms with E-state index < -0.39 is 23.3 Å². The first kappa shape index (κ1) is 18.5. The van der Waals surface area contributed by atoms with Gasteiger partial charge in [-0.25, -0.2) is 9.18 Å². The maximum absolute atomic E-state index is 13.6. The molecular formula is C22H16FN3O3S. The van der Waals surface area contributed by atoms with Gasteiger partial charge in [-0.1, -0.05) is 36.4 Å². The summed E-state index contributed by atoms with van der Waals surface area (Å²) in [7, 11) is 0. The van der Waals surface area contributed by atoms with E-state index in [0.717, 1.165) is 10.4 Å². The minimum Gasteiger partial charge on any atom is -0.331 e. The molecule has 0 bridgehead atoms. The molecule has 0 unspecified atom stereocenters. The van der Waals surface area contributed by atoms with E-state index in [1.54, 1.807) is 29.5 Å². The topological polar surface area (TPSA) is 78.5 Å². The molecule has 2 N–H and O–H groups in total. The Labute approximate surface area is 175 Å². The summed E-state index contributed by atoms with van der Waals surface area (Å²) < 4.78 is 13.6. The molecule has 30 heavy (non-hydrogen) atoms. The lowest BCUT2D eigenvalue weighted by Gasteiger charge is -2.31. The average Bonchev–Trinajstić information content (AvgIpc) is 3.43. The lowest BCUT2D eigenvalue weighted by Crippen LogP contribution is -2.52. The number of nitrogens with zero attached hydrogens (tertiary/aromatic N) is 1. The zero-order chi connectivity index (χ0) is 20.9. The number of carbonyl (C=O) groups excluding carboxylic acids is 3. The summed E-state index contributed by atoms with van der Waals surface area (Å²) in [5.74, 6) is -1.38. The Hall–Kier alpha value is -3.52. The lowest BCUT2D eigenvalue weighted by molar-refractivity contribution is -0.124. The molecule has 3 aromatic rings. The second kappa shape index (κ2) is 6.77. The van der Waals surface area contributed by atoms with Crippen LogP contribution in [0.2, 0.25) is 0 Å². The summed E-state index contributed by atoms with van der Waals surface area (Å²) in [6.07, 6.45) is 0. The number of carbonyl (C=O) groups is 3. The first-order valence-corrected chi connectivity index (χ1v) is 10.2. The smallest absolute Gasteiger partial charge is 0.322 e. The number of thiophene rings is 1. The van der Waals surface area contributed by atoms with Crippen LogP contribution in [0.1, 0.15) is 21.5 Å². The second-order valence-corrected chi connectivity index (χ2v) is 8.28. The highest BCUT2D eigenvalue weighted by molar-refractivity contribution is 7.13. The Balaban J connectivity index is 1.50. The van der Waals surface area contributed by atoms with Crippen LogP contribution in [0.25, 0.3) is 10.4 Å². The van der Waals surface area contributed by atoms with Crippen LogP contribution < -0.4 is 10.6 Å². The van der Waals surface area contributed by atoms with E-state index in [1.165, 1.54) is 17.0 Å². The highest BCUT2D eigenvalue weighted by Crippen LogP contribution is 2.33. The van der Waals surface area contributed by atoms with Gasteiger partial charge in [-0.15, -0.1) is 11.3 Å². The molecule has 0 aliphatic carbocycles. The third kappa shape index (κ3) is 2.88. The van der Waals surface area contributed by atoms with Crippen molar-refractivity contribution < 1.29 is 18.8 Å². The highest BCUT2D eigenvalue weighted by atomic mass is 32.1. The summed E-state index contributed by atoms with van der Waals surface area (Å²) in [6, 6.07) is 14.8. The molecule has 0 spiro atoms. The Morgan fingerprint density at radius 3 is 2.53 bits per heavy atom. The number of fused-ring (bicyclic) bond motifs is 1. The van der Waals surface area contributed by atoms with E-state index in [4.69, 9.17) is 0 Å². The lowest BCUT2D eigenvalue weighted by atomic mass is 9.88. The largest absolute Gasteiger partial charge is 0.331 e. The van der Waals surface area contributed by atoms with E-state index >= 15 is 0 Å². The Morgan fingerprint density at radius 2 is 1.87 bits per heavy atom. The molecular weight excluding hydrogens is 405 g/mol. The van der Waals surface area contributed by atoms with Gasteiger partial charge in [0.2, 0.25) is 0 Å². The van der Waals surface area contributed by atoms with Gasteiger partial charge >= 0.3 is 6.03 Å². The third-order valence-corrected chi connectivity index (χ3v) is 6.42. The summed E-state index contributed by atoms with van der Waals surface area (Å²) in [6.45, 7) is 0.185. The zero-order valence-electron chi connectivity index (χ0n) is 15.6. The molecule has 1 aromatic heterocycles. The standard InChI is InChI=1S/C22H16FN3O3S/c23-16-8-5-14-11-26(19(27)17(14)10-16)12-22(20(28)24-21(29)25-22)15-6-3-13(4-7-15)18-2-1-9-30-18/h1-10H,11-12H2,(H2,24,25,28,29)/t22-/m0/s1. The predicted molar refractivity (Wildman–Crippen MR) is 109 cm³/mol. The van der Waals surface area contributed by atoms with E-state index in [0.29, 0.717) is 11.1 Å². The maximum Gasteiger partial charge on any atom is 0.322 e. The second-order valence-electron chi connectivity index (χ2n) is 7.33. The number of halogens is 1. The number of imide groups is 1. The Bertz CT molecular complexity index is 1180. The van der Waals surface area contributed by atoms with Crippen LogP contribution in [0.15, 0.2) is 60.0 Å². The fraction of sp³-hybridized carbons (Fsp3) is 0.136. The zero-order valence-corrected chi connectivity index (χ0v) is 16.5. The van der Waals surface area contributed by atoms with Crippen molar-refractivity contribution in [3.8, 4) is 10.4 Å². The quantitative estimate of drug-likeness (QED) is 0.635. The fourth-order valence-corrected chi connectivity index (χ4v) is 4.74. The van der Waals surface area contributed by atoms with Crippen LogP contribution in [0.5, 0.6) is 0 Å². The van der Waals surface area contributed by atoms with E-state index in [9.17, 15) is 18.8 Å². The first-order valence-electron chi connectivity index (χ1n) is 9.32. The molecule has 1 atom stereocenters. The van der Waals surface area contributed by atoms with Gasteiger partial charge in [-0.2, -0.15) is 0 Å². The maximum atomic E-state index is 13.6. The minimum absolute atomic E-state index is 0.0575. The molecule has 4 amide bonds. The first-order chi connectivity index (χ1) is 14.5. The third-order valence-electron chi connectivity index (χ3n) is 5.50. The molecule has 3 heterocycles. The van der Waals surface area contributed by atoms with Crippen molar-refractivity contribution in [1.82, 2.24) is 15.5 Å². The van der Waals surface area contributed by atoms with Gasteiger partial charge in [-0.3, -0.25) is 14.9 Å². The molecule has 1 fully saturated rings. The van der Waals surface area contributed by atoms with Crippen molar-refractivity contribution in [2.45, 2.75) is 12.1 Å². The molecule has 5 rings (SSSR count). The SMILES string of the molecule is O=C1NC(=O)[C@](CN2Cc3ccc(F)cc3C2=O)(c2ccc(-c3cccs3)cc2)N1. The molecule has 0 saturated carbocycles. The number of hydrogen-bond donors (Lipinski definition) is 2. The predicted octanol–water partition coefficient (Wildman–Crippen LogP) is 3.24. The molecule has 2 aromatic carbocycles. The average molecular weight is 421 g/mol. The number of amides is 4. The normalized spacial score (nSPS) is 20.3. The monoisotopic (exact) mass is 421 g/mol. The van der Waals surface area contributed by atoms with Crippen molar-refractivity contribution >= 4 is 29.2 Å². The molecule has 0 radical (unpaired) electrons.